The minimum atomic E-state index is -0.0445. The molecular formula is C13H26N2O2. The largest absolute Gasteiger partial charge is 0.381 e. The fraction of sp³-hybridized carbons (Fsp3) is 0.923. The molecule has 17 heavy (non-hydrogen) atoms. The van der Waals surface area contributed by atoms with Crippen molar-refractivity contribution in [3.8, 4) is 0 Å². The molecule has 3 N–H and O–H groups in total. The van der Waals surface area contributed by atoms with Crippen LogP contribution in [0.15, 0.2) is 0 Å². The molecule has 1 aliphatic heterocycles. The first-order chi connectivity index (χ1) is 8.00. The summed E-state index contributed by atoms with van der Waals surface area (Å²) < 4.78 is 5.32. The molecule has 1 heterocycles. The van der Waals surface area contributed by atoms with Crippen LogP contribution in [0.25, 0.3) is 0 Å². The lowest BCUT2D eigenvalue weighted by molar-refractivity contribution is -0.122. The first-order valence-electron chi connectivity index (χ1n) is 6.63. The Morgan fingerprint density at radius 1 is 1.35 bits per heavy atom. The second kappa shape index (κ2) is 6.97. The van der Waals surface area contributed by atoms with Gasteiger partial charge in [-0.3, -0.25) is 4.79 Å². The minimum absolute atomic E-state index is 0.0445. The van der Waals surface area contributed by atoms with Gasteiger partial charge in [0.1, 0.15) is 0 Å². The molecule has 0 spiro atoms. The van der Waals surface area contributed by atoms with Crippen LogP contribution in [0.4, 0.5) is 0 Å². The molecule has 0 saturated carbocycles. The van der Waals surface area contributed by atoms with E-state index in [1.54, 1.807) is 0 Å². The highest BCUT2D eigenvalue weighted by Crippen LogP contribution is 2.18. The molecule has 1 aliphatic rings. The van der Waals surface area contributed by atoms with Crippen LogP contribution < -0.4 is 11.1 Å². The van der Waals surface area contributed by atoms with E-state index in [1.807, 2.05) is 13.8 Å². The highest BCUT2D eigenvalue weighted by molar-refractivity contribution is 5.76. The Morgan fingerprint density at radius 2 is 1.94 bits per heavy atom. The van der Waals surface area contributed by atoms with Gasteiger partial charge in [0.15, 0.2) is 0 Å². The maximum Gasteiger partial charge on any atom is 0.221 e. The molecule has 1 amide bonds. The molecule has 0 aliphatic carbocycles. The topological polar surface area (TPSA) is 64.4 Å². The van der Waals surface area contributed by atoms with E-state index in [9.17, 15) is 4.79 Å². The summed E-state index contributed by atoms with van der Waals surface area (Å²) in [5, 5.41) is 3.06. The van der Waals surface area contributed by atoms with E-state index < -0.39 is 0 Å². The molecule has 0 aromatic heterocycles. The zero-order valence-electron chi connectivity index (χ0n) is 11.2. The van der Waals surface area contributed by atoms with Gasteiger partial charge in [0.2, 0.25) is 5.91 Å². The summed E-state index contributed by atoms with van der Waals surface area (Å²) in [4.78, 5) is 11.8. The van der Waals surface area contributed by atoms with Crippen LogP contribution in [-0.2, 0) is 9.53 Å². The predicted octanol–water partition coefficient (Wildman–Crippen LogP) is 1.29. The molecule has 1 fully saturated rings. The van der Waals surface area contributed by atoms with Gasteiger partial charge in [-0.25, -0.2) is 0 Å². The maximum atomic E-state index is 11.8. The SMILES string of the molecule is CC(C)C(N)CC(=O)NC(C)C1CCOCC1. The zero-order valence-corrected chi connectivity index (χ0v) is 11.2. The van der Waals surface area contributed by atoms with Crippen molar-refractivity contribution < 1.29 is 9.53 Å². The number of hydrogen-bond acceptors (Lipinski definition) is 3. The molecule has 4 heteroatoms. The Balaban J connectivity index is 2.29. The number of rotatable bonds is 5. The first kappa shape index (κ1) is 14.5. The Morgan fingerprint density at radius 3 is 2.47 bits per heavy atom. The van der Waals surface area contributed by atoms with Crippen molar-refractivity contribution in [3.05, 3.63) is 0 Å². The first-order valence-corrected chi connectivity index (χ1v) is 6.63. The van der Waals surface area contributed by atoms with E-state index in [0.29, 0.717) is 18.3 Å². The smallest absolute Gasteiger partial charge is 0.221 e. The van der Waals surface area contributed by atoms with Crippen molar-refractivity contribution in [3.63, 3.8) is 0 Å². The molecular weight excluding hydrogens is 216 g/mol. The van der Waals surface area contributed by atoms with Crippen LogP contribution in [0.2, 0.25) is 0 Å². The van der Waals surface area contributed by atoms with Crippen LogP contribution in [0.5, 0.6) is 0 Å². The zero-order chi connectivity index (χ0) is 12.8. The Labute approximate surface area is 104 Å². The van der Waals surface area contributed by atoms with E-state index in [4.69, 9.17) is 10.5 Å². The summed E-state index contributed by atoms with van der Waals surface area (Å²) >= 11 is 0. The van der Waals surface area contributed by atoms with Gasteiger partial charge in [-0.05, 0) is 31.6 Å². The van der Waals surface area contributed by atoms with E-state index in [2.05, 4.69) is 12.2 Å². The summed E-state index contributed by atoms with van der Waals surface area (Å²) in [6.07, 6.45) is 2.50. The summed E-state index contributed by atoms with van der Waals surface area (Å²) in [5.41, 5.74) is 5.89. The lowest BCUT2D eigenvalue weighted by Gasteiger charge is -2.28. The average molecular weight is 242 g/mol. The highest BCUT2D eigenvalue weighted by atomic mass is 16.5. The van der Waals surface area contributed by atoms with Crippen molar-refractivity contribution in [2.45, 2.75) is 52.1 Å². The lowest BCUT2D eigenvalue weighted by Crippen LogP contribution is -2.43. The predicted molar refractivity (Wildman–Crippen MR) is 68.6 cm³/mol. The van der Waals surface area contributed by atoms with Crippen molar-refractivity contribution in [1.82, 2.24) is 5.32 Å². The summed E-state index contributed by atoms with van der Waals surface area (Å²) in [7, 11) is 0. The number of carbonyl (C=O) groups is 1. The minimum Gasteiger partial charge on any atom is -0.381 e. The van der Waals surface area contributed by atoms with E-state index >= 15 is 0 Å². The van der Waals surface area contributed by atoms with E-state index in [0.717, 1.165) is 26.1 Å². The molecule has 100 valence electrons. The van der Waals surface area contributed by atoms with Crippen LogP contribution in [0, 0.1) is 11.8 Å². The molecule has 2 unspecified atom stereocenters. The second-order valence-electron chi connectivity index (χ2n) is 5.42. The van der Waals surface area contributed by atoms with Gasteiger partial charge < -0.3 is 15.8 Å². The average Bonchev–Trinajstić information content (AvgIpc) is 2.29. The molecule has 1 rings (SSSR count). The number of carbonyl (C=O) groups excluding carboxylic acids is 1. The third-order valence-electron chi connectivity index (χ3n) is 3.64. The Bertz CT molecular complexity index is 238. The fourth-order valence-electron chi connectivity index (χ4n) is 2.10. The quantitative estimate of drug-likeness (QED) is 0.763. The highest BCUT2D eigenvalue weighted by Gasteiger charge is 2.22. The van der Waals surface area contributed by atoms with Gasteiger partial charge in [-0.15, -0.1) is 0 Å². The second-order valence-corrected chi connectivity index (χ2v) is 5.42. The number of amides is 1. The van der Waals surface area contributed by atoms with Crippen LogP contribution >= 0.6 is 0 Å². The number of nitrogens with two attached hydrogens (primary N) is 1. The summed E-state index contributed by atoms with van der Waals surface area (Å²) in [5.74, 6) is 0.965. The van der Waals surface area contributed by atoms with Crippen molar-refractivity contribution in [2.24, 2.45) is 17.6 Å². The molecule has 1 saturated heterocycles. The molecule has 0 aromatic rings. The van der Waals surface area contributed by atoms with Gasteiger partial charge >= 0.3 is 0 Å². The van der Waals surface area contributed by atoms with Crippen LogP contribution in [-0.4, -0.2) is 31.2 Å². The number of ether oxygens (including phenoxy) is 1. The van der Waals surface area contributed by atoms with Crippen LogP contribution in [0.1, 0.15) is 40.0 Å². The number of hydrogen-bond donors (Lipinski definition) is 2. The lowest BCUT2D eigenvalue weighted by atomic mass is 9.92. The van der Waals surface area contributed by atoms with Gasteiger partial charge in [0, 0.05) is 31.7 Å². The fourth-order valence-corrected chi connectivity index (χ4v) is 2.10. The van der Waals surface area contributed by atoms with Crippen LogP contribution in [0.3, 0.4) is 0 Å². The number of nitrogens with one attached hydrogen (secondary N) is 1. The molecule has 2 atom stereocenters. The molecule has 4 nitrogen and oxygen atoms in total. The van der Waals surface area contributed by atoms with Gasteiger partial charge in [0.05, 0.1) is 0 Å². The van der Waals surface area contributed by atoms with Crippen molar-refractivity contribution in [1.29, 1.82) is 0 Å². The van der Waals surface area contributed by atoms with E-state index in [-0.39, 0.29) is 18.0 Å². The normalized spacial score (nSPS) is 21.2. The van der Waals surface area contributed by atoms with Gasteiger partial charge in [0.25, 0.3) is 0 Å². The van der Waals surface area contributed by atoms with Gasteiger partial charge in [-0.1, -0.05) is 13.8 Å². The molecule has 0 bridgehead atoms. The third-order valence-corrected chi connectivity index (χ3v) is 3.64. The van der Waals surface area contributed by atoms with Gasteiger partial charge in [-0.2, -0.15) is 0 Å². The monoisotopic (exact) mass is 242 g/mol. The van der Waals surface area contributed by atoms with Crippen molar-refractivity contribution in [2.75, 3.05) is 13.2 Å². The summed E-state index contributed by atoms with van der Waals surface area (Å²) in [6, 6.07) is 0.183. The standard InChI is InChI=1S/C13H26N2O2/c1-9(2)12(14)8-13(16)15-10(3)11-4-6-17-7-5-11/h9-12H,4-8,14H2,1-3H3,(H,15,16). The summed E-state index contributed by atoms with van der Waals surface area (Å²) in [6.45, 7) is 7.79. The third kappa shape index (κ3) is 5.04. The molecule has 0 radical (unpaired) electrons. The maximum absolute atomic E-state index is 11.8. The Kier molecular flexibility index (Phi) is 5.92. The van der Waals surface area contributed by atoms with Crippen molar-refractivity contribution >= 4 is 5.91 Å². The van der Waals surface area contributed by atoms with E-state index in [1.165, 1.54) is 0 Å². The molecule has 0 aromatic carbocycles. The Hall–Kier alpha value is -0.610.